The number of carboxylic acids is 2. The number of nitrogens with two attached hydrogens (primary N) is 2. The van der Waals surface area contributed by atoms with Gasteiger partial charge in [-0.15, -0.1) is 0 Å². The van der Waals surface area contributed by atoms with Crippen LogP contribution < -0.4 is 11.5 Å². The lowest BCUT2D eigenvalue weighted by atomic mass is 10.1. The summed E-state index contributed by atoms with van der Waals surface area (Å²) in [5.74, 6) is -1.82. The molecule has 7 heteroatoms. The first-order valence-electron chi connectivity index (χ1n) is 7.58. The van der Waals surface area contributed by atoms with Gasteiger partial charge in [0.25, 0.3) is 0 Å². The van der Waals surface area contributed by atoms with Crippen LogP contribution in [0.3, 0.4) is 0 Å². The Balaban J connectivity index is 0.000000251. The van der Waals surface area contributed by atoms with Crippen molar-refractivity contribution in [3.63, 3.8) is 0 Å². The Morgan fingerprint density at radius 3 is 1.56 bits per heavy atom. The summed E-state index contributed by atoms with van der Waals surface area (Å²) in [6.07, 6.45) is 0.659. The van der Waals surface area contributed by atoms with Gasteiger partial charge in [0.2, 0.25) is 0 Å². The maximum atomic E-state index is 10.4. The first kappa shape index (κ1) is 20.1. The molecule has 0 saturated carbocycles. The maximum Gasteiger partial charge on any atom is 0.320 e. The van der Waals surface area contributed by atoms with Gasteiger partial charge in [0.05, 0.1) is 0 Å². The summed E-state index contributed by atoms with van der Waals surface area (Å²) in [6, 6.07) is 14.0. The fourth-order valence-electron chi connectivity index (χ4n) is 1.93. The first-order valence-corrected chi connectivity index (χ1v) is 7.58. The second-order valence-electron chi connectivity index (χ2n) is 5.45. The number of rotatable bonds is 6. The van der Waals surface area contributed by atoms with Crippen molar-refractivity contribution in [2.75, 3.05) is 0 Å². The predicted molar refractivity (Wildman–Crippen MR) is 93.2 cm³/mol. The Labute approximate surface area is 145 Å². The van der Waals surface area contributed by atoms with E-state index in [1.165, 1.54) is 12.1 Å². The van der Waals surface area contributed by atoms with Gasteiger partial charge in [0, 0.05) is 0 Å². The minimum Gasteiger partial charge on any atom is -0.508 e. The van der Waals surface area contributed by atoms with Crippen molar-refractivity contribution in [1.29, 1.82) is 0 Å². The summed E-state index contributed by atoms with van der Waals surface area (Å²) in [6.45, 7) is 0. The normalized spacial score (nSPS) is 12.4. The Kier molecular flexibility index (Phi) is 8.11. The molecular formula is C18H22N2O5. The topological polar surface area (TPSA) is 147 Å². The van der Waals surface area contributed by atoms with Gasteiger partial charge in [0.1, 0.15) is 17.8 Å². The van der Waals surface area contributed by atoms with Crippen LogP contribution in [-0.4, -0.2) is 39.3 Å². The molecule has 0 heterocycles. The summed E-state index contributed by atoms with van der Waals surface area (Å²) in [7, 11) is 0. The van der Waals surface area contributed by atoms with E-state index >= 15 is 0 Å². The van der Waals surface area contributed by atoms with Crippen LogP contribution in [0.1, 0.15) is 11.1 Å². The van der Waals surface area contributed by atoms with E-state index in [4.69, 9.17) is 26.8 Å². The molecule has 0 unspecified atom stereocenters. The molecule has 0 aromatic heterocycles. The van der Waals surface area contributed by atoms with E-state index in [0.717, 1.165) is 11.1 Å². The molecule has 0 radical (unpaired) electrons. The number of carboxylic acid groups (broad SMARTS) is 2. The number of phenolic OH excluding ortho intramolecular Hbond substituents is 1. The molecule has 2 aromatic rings. The van der Waals surface area contributed by atoms with Crippen molar-refractivity contribution in [3.05, 3.63) is 65.7 Å². The zero-order valence-electron chi connectivity index (χ0n) is 13.6. The quantitative estimate of drug-likeness (QED) is 0.524. The molecular weight excluding hydrogens is 324 g/mol. The molecule has 7 N–H and O–H groups in total. The van der Waals surface area contributed by atoms with E-state index in [0.29, 0.717) is 6.42 Å². The lowest BCUT2D eigenvalue weighted by Crippen LogP contribution is -2.32. The number of hydrogen-bond acceptors (Lipinski definition) is 5. The minimum absolute atomic E-state index is 0.160. The molecule has 2 aromatic carbocycles. The molecule has 7 nitrogen and oxygen atoms in total. The van der Waals surface area contributed by atoms with Crippen LogP contribution >= 0.6 is 0 Å². The van der Waals surface area contributed by atoms with Gasteiger partial charge in [-0.3, -0.25) is 9.59 Å². The second kappa shape index (κ2) is 10.1. The number of aliphatic carboxylic acids is 2. The van der Waals surface area contributed by atoms with Crippen LogP contribution in [0.5, 0.6) is 5.75 Å². The SMILES string of the molecule is N[C@@H](Cc1ccc(O)cc1)C(=O)O.N[C@@H](Cc1ccccc1)C(=O)O. The summed E-state index contributed by atoms with van der Waals surface area (Å²) >= 11 is 0. The van der Waals surface area contributed by atoms with Crippen LogP contribution in [0.25, 0.3) is 0 Å². The zero-order valence-corrected chi connectivity index (χ0v) is 13.6. The largest absolute Gasteiger partial charge is 0.508 e. The zero-order chi connectivity index (χ0) is 18.8. The Hall–Kier alpha value is -2.90. The summed E-state index contributed by atoms with van der Waals surface area (Å²) in [5, 5.41) is 26.0. The van der Waals surface area contributed by atoms with Crippen LogP contribution in [0.2, 0.25) is 0 Å². The average Bonchev–Trinajstić information content (AvgIpc) is 2.58. The fourth-order valence-corrected chi connectivity index (χ4v) is 1.93. The second-order valence-corrected chi connectivity index (χ2v) is 5.45. The molecule has 0 spiro atoms. The highest BCUT2D eigenvalue weighted by Gasteiger charge is 2.12. The highest BCUT2D eigenvalue weighted by molar-refractivity contribution is 5.73. The average molecular weight is 346 g/mol. The molecule has 0 bridgehead atoms. The summed E-state index contributed by atoms with van der Waals surface area (Å²) in [4.78, 5) is 20.8. The van der Waals surface area contributed by atoms with E-state index in [9.17, 15) is 9.59 Å². The first-order chi connectivity index (χ1) is 11.8. The van der Waals surface area contributed by atoms with Gasteiger partial charge >= 0.3 is 11.9 Å². The Morgan fingerprint density at radius 2 is 1.16 bits per heavy atom. The lowest BCUT2D eigenvalue weighted by Gasteiger charge is -2.05. The lowest BCUT2D eigenvalue weighted by molar-refractivity contribution is -0.139. The maximum absolute atomic E-state index is 10.4. The summed E-state index contributed by atoms with van der Waals surface area (Å²) < 4.78 is 0. The molecule has 0 fully saturated rings. The van der Waals surface area contributed by atoms with Crippen molar-refractivity contribution < 1.29 is 24.9 Å². The molecule has 134 valence electrons. The van der Waals surface area contributed by atoms with Crippen LogP contribution in [-0.2, 0) is 22.4 Å². The van der Waals surface area contributed by atoms with Crippen LogP contribution in [0, 0.1) is 0 Å². The molecule has 0 aliphatic carbocycles. The van der Waals surface area contributed by atoms with Gasteiger partial charge in [-0.25, -0.2) is 0 Å². The smallest absolute Gasteiger partial charge is 0.320 e. The number of benzene rings is 2. The van der Waals surface area contributed by atoms with E-state index in [1.807, 2.05) is 30.3 Å². The van der Waals surface area contributed by atoms with Gasteiger partial charge < -0.3 is 26.8 Å². The molecule has 25 heavy (non-hydrogen) atoms. The predicted octanol–water partition coefficient (Wildman–Crippen LogP) is 0.988. The van der Waals surface area contributed by atoms with Gasteiger partial charge in [-0.2, -0.15) is 0 Å². The number of phenols is 1. The third-order valence-corrected chi connectivity index (χ3v) is 3.32. The molecule has 2 rings (SSSR count). The molecule has 2 atom stereocenters. The van der Waals surface area contributed by atoms with Crippen molar-refractivity contribution in [2.45, 2.75) is 24.9 Å². The minimum atomic E-state index is -1.02. The molecule has 0 aliphatic heterocycles. The fraction of sp³-hybridized carbons (Fsp3) is 0.222. The highest BCUT2D eigenvalue weighted by Crippen LogP contribution is 2.10. The molecule has 0 aliphatic rings. The van der Waals surface area contributed by atoms with E-state index in [-0.39, 0.29) is 12.2 Å². The summed E-state index contributed by atoms with van der Waals surface area (Å²) in [5.41, 5.74) is 12.4. The molecule has 0 amide bonds. The number of carbonyl (C=O) groups is 2. The van der Waals surface area contributed by atoms with Crippen molar-refractivity contribution in [1.82, 2.24) is 0 Å². The Bertz CT molecular complexity index is 674. The van der Waals surface area contributed by atoms with E-state index < -0.39 is 24.0 Å². The number of aromatic hydroxyl groups is 1. The molecule has 0 saturated heterocycles. The van der Waals surface area contributed by atoms with Gasteiger partial charge in [-0.05, 0) is 36.1 Å². The number of hydrogen-bond donors (Lipinski definition) is 5. The van der Waals surface area contributed by atoms with Crippen molar-refractivity contribution in [3.8, 4) is 5.75 Å². The van der Waals surface area contributed by atoms with Crippen molar-refractivity contribution in [2.24, 2.45) is 11.5 Å². The van der Waals surface area contributed by atoms with Crippen LogP contribution in [0.4, 0.5) is 0 Å². The van der Waals surface area contributed by atoms with Gasteiger partial charge in [-0.1, -0.05) is 42.5 Å². The van der Waals surface area contributed by atoms with E-state index in [1.54, 1.807) is 12.1 Å². The van der Waals surface area contributed by atoms with Crippen molar-refractivity contribution >= 4 is 11.9 Å². The van der Waals surface area contributed by atoms with Gasteiger partial charge in [0.15, 0.2) is 0 Å². The third-order valence-electron chi connectivity index (χ3n) is 3.32. The van der Waals surface area contributed by atoms with Crippen LogP contribution in [0.15, 0.2) is 54.6 Å². The monoisotopic (exact) mass is 346 g/mol. The highest BCUT2D eigenvalue weighted by atomic mass is 16.4. The Morgan fingerprint density at radius 1 is 0.760 bits per heavy atom. The third kappa shape index (κ3) is 7.96. The standard InChI is InChI=1S/C9H11NO3.C9H11NO2/c10-8(9(12)13)5-6-1-3-7(11)4-2-6;10-8(9(11)12)6-7-4-2-1-3-5-7/h1-4,8,11H,5,10H2,(H,12,13);1-5,8H,6,10H2,(H,11,12)/t2*8-/m00/s1. The van der Waals surface area contributed by atoms with E-state index in [2.05, 4.69) is 0 Å².